The van der Waals surface area contributed by atoms with E-state index in [-0.39, 0.29) is 5.91 Å². The van der Waals surface area contributed by atoms with Gasteiger partial charge in [0.2, 0.25) is 0 Å². The molecule has 1 fully saturated rings. The number of pyridine rings is 1. The summed E-state index contributed by atoms with van der Waals surface area (Å²) in [5.41, 5.74) is 3.98. The second-order valence-corrected chi connectivity index (χ2v) is 5.05. The van der Waals surface area contributed by atoms with Gasteiger partial charge in [0, 0.05) is 17.8 Å². The molecule has 1 aliphatic rings. The molecule has 108 valence electrons. The first-order chi connectivity index (χ1) is 10.3. The lowest BCUT2D eigenvalue weighted by Gasteiger charge is -2.08. The molecule has 0 spiro atoms. The van der Waals surface area contributed by atoms with E-state index in [9.17, 15) is 4.79 Å². The molecular weight excluding hydrogens is 266 g/mol. The topological polar surface area (TPSA) is 63.2 Å². The molecule has 1 aliphatic carbocycles. The molecule has 0 atom stereocenters. The minimum atomic E-state index is -0.271. The molecule has 2 N–H and O–H groups in total. The third-order valence-corrected chi connectivity index (χ3v) is 3.20. The summed E-state index contributed by atoms with van der Waals surface area (Å²) in [6.45, 7) is 0.338. The van der Waals surface area contributed by atoms with Crippen molar-refractivity contribution < 1.29 is 9.63 Å². The van der Waals surface area contributed by atoms with Gasteiger partial charge in [0.25, 0.3) is 5.91 Å². The van der Waals surface area contributed by atoms with E-state index in [0.29, 0.717) is 18.2 Å². The number of hydroxylamine groups is 1. The highest BCUT2D eigenvalue weighted by Gasteiger charge is 2.21. The van der Waals surface area contributed by atoms with E-state index in [1.54, 1.807) is 18.3 Å². The van der Waals surface area contributed by atoms with E-state index in [4.69, 9.17) is 4.84 Å². The zero-order valence-electron chi connectivity index (χ0n) is 11.6. The van der Waals surface area contributed by atoms with Crippen LogP contribution >= 0.6 is 0 Å². The first kappa shape index (κ1) is 13.6. The van der Waals surface area contributed by atoms with E-state index in [0.717, 1.165) is 24.2 Å². The fourth-order valence-corrected chi connectivity index (χ4v) is 1.91. The van der Waals surface area contributed by atoms with Gasteiger partial charge in [-0.2, -0.15) is 0 Å². The van der Waals surface area contributed by atoms with Crippen LogP contribution in [0.4, 0.5) is 5.82 Å². The number of rotatable bonds is 6. The van der Waals surface area contributed by atoms with Crippen LogP contribution in [-0.4, -0.2) is 16.9 Å². The van der Waals surface area contributed by atoms with Crippen molar-refractivity contribution in [1.29, 1.82) is 0 Å². The number of benzene rings is 1. The number of anilines is 1. The fraction of sp³-hybridized carbons (Fsp3) is 0.250. The van der Waals surface area contributed by atoms with Crippen molar-refractivity contribution in [3.05, 3.63) is 59.8 Å². The normalized spacial score (nSPS) is 13.7. The molecule has 1 saturated carbocycles. The average molecular weight is 283 g/mol. The Bertz CT molecular complexity index is 612. The molecule has 0 aliphatic heterocycles. The average Bonchev–Trinajstić information content (AvgIpc) is 3.32. The monoisotopic (exact) mass is 283 g/mol. The molecule has 1 heterocycles. The largest absolute Gasteiger partial charge is 0.367 e. The number of amides is 1. The van der Waals surface area contributed by atoms with Gasteiger partial charge in [-0.25, -0.2) is 10.5 Å². The Kier molecular flexibility index (Phi) is 4.12. The standard InChI is InChI=1S/C16H17N3O2/c20-16(19-21-11-12-4-2-1-3-5-12)13-8-9-17-15(10-13)18-14-6-7-14/h1-5,8-10,14H,6-7,11H2,(H,17,18)(H,19,20). The predicted octanol–water partition coefficient (Wildman–Crippen LogP) is 2.52. The minimum absolute atomic E-state index is 0.271. The lowest BCUT2D eigenvalue weighted by atomic mass is 10.2. The van der Waals surface area contributed by atoms with Crippen LogP contribution in [0.5, 0.6) is 0 Å². The third kappa shape index (κ3) is 4.03. The number of carbonyl (C=O) groups is 1. The van der Waals surface area contributed by atoms with Gasteiger partial charge in [0.15, 0.2) is 0 Å². The summed E-state index contributed by atoms with van der Waals surface area (Å²) in [6, 6.07) is 13.6. The van der Waals surface area contributed by atoms with Gasteiger partial charge in [-0.1, -0.05) is 30.3 Å². The first-order valence-electron chi connectivity index (χ1n) is 7.00. The summed E-state index contributed by atoms with van der Waals surface area (Å²) in [4.78, 5) is 21.4. The molecule has 5 nitrogen and oxygen atoms in total. The van der Waals surface area contributed by atoms with Crippen molar-refractivity contribution in [1.82, 2.24) is 10.5 Å². The molecule has 0 bridgehead atoms. The van der Waals surface area contributed by atoms with Gasteiger partial charge in [0.1, 0.15) is 5.82 Å². The SMILES string of the molecule is O=C(NOCc1ccccc1)c1ccnc(NC2CC2)c1. The number of aromatic nitrogens is 1. The molecule has 0 unspecified atom stereocenters. The first-order valence-corrected chi connectivity index (χ1v) is 7.00. The maximum atomic E-state index is 12.0. The summed E-state index contributed by atoms with van der Waals surface area (Å²) in [7, 11) is 0. The van der Waals surface area contributed by atoms with E-state index >= 15 is 0 Å². The highest BCUT2D eigenvalue weighted by molar-refractivity contribution is 5.94. The molecule has 0 saturated heterocycles. The number of nitrogens with zero attached hydrogens (tertiary/aromatic N) is 1. The van der Waals surface area contributed by atoms with Crippen LogP contribution in [0.3, 0.4) is 0 Å². The summed E-state index contributed by atoms with van der Waals surface area (Å²) in [5, 5.41) is 3.26. The van der Waals surface area contributed by atoms with Crippen molar-refractivity contribution in [3.63, 3.8) is 0 Å². The summed E-state index contributed by atoms with van der Waals surface area (Å²) in [5.74, 6) is 0.459. The second kappa shape index (κ2) is 6.37. The van der Waals surface area contributed by atoms with Gasteiger partial charge in [-0.3, -0.25) is 9.63 Å². The Hall–Kier alpha value is -2.40. The van der Waals surface area contributed by atoms with Crippen LogP contribution in [0.15, 0.2) is 48.7 Å². The lowest BCUT2D eigenvalue weighted by molar-refractivity contribution is 0.0233. The van der Waals surface area contributed by atoms with Gasteiger partial charge < -0.3 is 5.32 Å². The van der Waals surface area contributed by atoms with E-state index in [1.807, 2.05) is 30.3 Å². The van der Waals surface area contributed by atoms with Gasteiger partial charge in [0.05, 0.1) is 6.61 Å². The molecule has 2 aromatic rings. The summed E-state index contributed by atoms with van der Waals surface area (Å²) in [6.07, 6.45) is 3.95. The molecular formula is C16H17N3O2. The Morgan fingerprint density at radius 3 is 2.81 bits per heavy atom. The van der Waals surface area contributed by atoms with E-state index in [2.05, 4.69) is 15.8 Å². The van der Waals surface area contributed by atoms with Crippen molar-refractivity contribution >= 4 is 11.7 Å². The van der Waals surface area contributed by atoms with Crippen LogP contribution in [0.25, 0.3) is 0 Å². The van der Waals surface area contributed by atoms with Gasteiger partial charge in [-0.05, 0) is 30.5 Å². The van der Waals surface area contributed by atoms with Gasteiger partial charge in [-0.15, -0.1) is 0 Å². The molecule has 1 aromatic heterocycles. The Morgan fingerprint density at radius 2 is 2.05 bits per heavy atom. The zero-order chi connectivity index (χ0) is 14.5. The second-order valence-electron chi connectivity index (χ2n) is 5.05. The Labute approximate surface area is 123 Å². The molecule has 3 rings (SSSR count). The molecule has 0 radical (unpaired) electrons. The highest BCUT2D eigenvalue weighted by Crippen LogP contribution is 2.23. The predicted molar refractivity (Wildman–Crippen MR) is 79.6 cm³/mol. The van der Waals surface area contributed by atoms with Crippen molar-refractivity contribution in [2.24, 2.45) is 0 Å². The molecule has 1 aromatic carbocycles. The van der Waals surface area contributed by atoms with E-state index in [1.165, 1.54) is 0 Å². The Morgan fingerprint density at radius 1 is 1.24 bits per heavy atom. The lowest BCUT2D eigenvalue weighted by Crippen LogP contribution is -2.23. The van der Waals surface area contributed by atoms with Crippen LogP contribution in [-0.2, 0) is 11.4 Å². The number of carbonyl (C=O) groups excluding carboxylic acids is 1. The maximum Gasteiger partial charge on any atom is 0.275 e. The smallest absolute Gasteiger partial charge is 0.275 e. The zero-order valence-corrected chi connectivity index (χ0v) is 11.6. The minimum Gasteiger partial charge on any atom is -0.367 e. The molecule has 5 heteroatoms. The van der Waals surface area contributed by atoms with Gasteiger partial charge >= 0.3 is 0 Å². The van der Waals surface area contributed by atoms with Crippen LogP contribution in [0, 0.1) is 0 Å². The maximum absolute atomic E-state index is 12.0. The fourth-order valence-electron chi connectivity index (χ4n) is 1.91. The quantitative estimate of drug-likeness (QED) is 0.800. The van der Waals surface area contributed by atoms with Crippen molar-refractivity contribution in [2.75, 3.05) is 5.32 Å². The van der Waals surface area contributed by atoms with Crippen molar-refractivity contribution in [3.8, 4) is 0 Å². The number of nitrogens with one attached hydrogen (secondary N) is 2. The highest BCUT2D eigenvalue weighted by atomic mass is 16.6. The number of hydrogen-bond acceptors (Lipinski definition) is 4. The molecule has 1 amide bonds. The van der Waals surface area contributed by atoms with E-state index < -0.39 is 0 Å². The van der Waals surface area contributed by atoms with Crippen molar-refractivity contribution in [2.45, 2.75) is 25.5 Å². The van der Waals surface area contributed by atoms with Crippen LogP contribution < -0.4 is 10.8 Å². The summed E-state index contributed by atoms with van der Waals surface area (Å²) < 4.78 is 0. The molecule has 21 heavy (non-hydrogen) atoms. The summed E-state index contributed by atoms with van der Waals surface area (Å²) >= 11 is 0. The third-order valence-electron chi connectivity index (χ3n) is 3.20. The van der Waals surface area contributed by atoms with Crippen LogP contribution in [0.2, 0.25) is 0 Å². The van der Waals surface area contributed by atoms with Crippen LogP contribution in [0.1, 0.15) is 28.8 Å². The Balaban J connectivity index is 1.52. The number of hydrogen-bond donors (Lipinski definition) is 2.